The van der Waals surface area contributed by atoms with Crippen molar-refractivity contribution in [3.63, 3.8) is 0 Å². The van der Waals surface area contributed by atoms with Crippen LogP contribution in [0.4, 0.5) is 0 Å². The Morgan fingerprint density at radius 1 is 1.40 bits per heavy atom. The Hall–Kier alpha value is -0.623. The molecule has 0 saturated heterocycles. The van der Waals surface area contributed by atoms with E-state index in [4.69, 9.17) is 16.3 Å². The van der Waals surface area contributed by atoms with E-state index in [0.29, 0.717) is 10.8 Å². The number of ether oxygens (including phenoxy) is 1. The van der Waals surface area contributed by atoms with Crippen molar-refractivity contribution in [2.45, 2.75) is 13.8 Å². The SMILES string of the molecule is Cc1cc(OCC(=O)[O-])cc(C)c1Cl.[Li+]. The van der Waals surface area contributed by atoms with Gasteiger partial charge in [0.25, 0.3) is 0 Å². The van der Waals surface area contributed by atoms with Crippen LogP contribution in [0, 0.1) is 13.8 Å². The third-order valence-electron chi connectivity index (χ3n) is 1.77. The molecule has 5 heteroatoms. The molecule has 0 N–H and O–H groups in total. The van der Waals surface area contributed by atoms with Crippen molar-refractivity contribution in [1.29, 1.82) is 0 Å². The van der Waals surface area contributed by atoms with Crippen molar-refractivity contribution in [3.8, 4) is 5.75 Å². The maximum atomic E-state index is 10.1. The molecule has 0 heterocycles. The molecule has 0 amide bonds. The second-order valence-electron chi connectivity index (χ2n) is 3.03. The molecule has 15 heavy (non-hydrogen) atoms. The van der Waals surface area contributed by atoms with Gasteiger partial charge >= 0.3 is 18.9 Å². The summed E-state index contributed by atoms with van der Waals surface area (Å²) in [7, 11) is 0. The van der Waals surface area contributed by atoms with Crippen LogP contribution in [0.1, 0.15) is 11.1 Å². The zero-order chi connectivity index (χ0) is 10.7. The van der Waals surface area contributed by atoms with Crippen LogP contribution in [0.3, 0.4) is 0 Å². The molecule has 76 valence electrons. The number of carbonyl (C=O) groups excluding carboxylic acids is 1. The second-order valence-corrected chi connectivity index (χ2v) is 3.41. The first kappa shape index (κ1) is 14.4. The minimum absolute atomic E-state index is 0. The van der Waals surface area contributed by atoms with Crippen molar-refractivity contribution in [3.05, 3.63) is 28.3 Å². The minimum Gasteiger partial charge on any atom is -0.546 e. The van der Waals surface area contributed by atoms with Gasteiger partial charge in [-0.25, -0.2) is 0 Å². The van der Waals surface area contributed by atoms with E-state index in [1.807, 2.05) is 13.8 Å². The van der Waals surface area contributed by atoms with Gasteiger partial charge in [0.1, 0.15) is 12.4 Å². The number of hydrogen-bond donors (Lipinski definition) is 0. The molecular formula is C10H10ClLiO3. The summed E-state index contributed by atoms with van der Waals surface area (Å²) in [5.41, 5.74) is 1.72. The monoisotopic (exact) mass is 220 g/mol. The van der Waals surface area contributed by atoms with Crippen LogP contribution in [-0.4, -0.2) is 12.6 Å². The number of hydrogen-bond acceptors (Lipinski definition) is 3. The molecule has 0 atom stereocenters. The number of aliphatic carboxylic acids is 1. The zero-order valence-electron chi connectivity index (χ0n) is 8.96. The summed E-state index contributed by atoms with van der Waals surface area (Å²) in [5.74, 6) is -0.746. The first-order valence-corrected chi connectivity index (χ1v) is 4.48. The van der Waals surface area contributed by atoms with Gasteiger partial charge in [0, 0.05) is 5.02 Å². The third kappa shape index (κ3) is 4.17. The molecule has 1 aromatic carbocycles. The van der Waals surface area contributed by atoms with Crippen LogP contribution in [0.15, 0.2) is 12.1 Å². The van der Waals surface area contributed by atoms with Gasteiger partial charge in [-0.3, -0.25) is 0 Å². The number of rotatable bonds is 3. The normalized spacial score (nSPS) is 9.27. The number of benzene rings is 1. The average molecular weight is 221 g/mol. The summed E-state index contributed by atoms with van der Waals surface area (Å²) >= 11 is 5.93. The summed E-state index contributed by atoms with van der Waals surface area (Å²) in [5, 5.41) is 10.8. The first-order valence-electron chi connectivity index (χ1n) is 4.10. The molecule has 0 saturated carbocycles. The van der Waals surface area contributed by atoms with Gasteiger partial charge in [0.2, 0.25) is 0 Å². The molecule has 0 aliphatic carbocycles. The van der Waals surface area contributed by atoms with E-state index in [9.17, 15) is 9.90 Å². The minimum atomic E-state index is -1.24. The maximum absolute atomic E-state index is 10.1. The maximum Gasteiger partial charge on any atom is 1.00 e. The number of carboxylic acid groups (broad SMARTS) is 1. The van der Waals surface area contributed by atoms with E-state index < -0.39 is 12.6 Å². The van der Waals surface area contributed by atoms with Crippen LogP contribution in [0.25, 0.3) is 0 Å². The molecular weight excluding hydrogens is 211 g/mol. The topological polar surface area (TPSA) is 49.4 Å². The second kappa shape index (κ2) is 6.07. The van der Waals surface area contributed by atoms with Gasteiger partial charge in [-0.15, -0.1) is 0 Å². The zero-order valence-corrected chi connectivity index (χ0v) is 9.72. The van der Waals surface area contributed by atoms with Crippen molar-refractivity contribution < 1.29 is 33.5 Å². The van der Waals surface area contributed by atoms with Crippen LogP contribution >= 0.6 is 11.6 Å². The third-order valence-corrected chi connectivity index (χ3v) is 2.36. The number of carboxylic acids is 1. The Balaban J connectivity index is 0.00000196. The summed E-state index contributed by atoms with van der Waals surface area (Å²) in [6.45, 7) is 3.23. The van der Waals surface area contributed by atoms with E-state index >= 15 is 0 Å². The average Bonchev–Trinajstić information content (AvgIpc) is 2.10. The van der Waals surface area contributed by atoms with Crippen molar-refractivity contribution in [1.82, 2.24) is 0 Å². The predicted octanol–water partition coefficient (Wildman–Crippen LogP) is -1.91. The Morgan fingerprint density at radius 2 is 1.87 bits per heavy atom. The Bertz CT molecular complexity index is 343. The van der Waals surface area contributed by atoms with E-state index in [1.54, 1.807) is 12.1 Å². The molecule has 1 aromatic rings. The van der Waals surface area contributed by atoms with Gasteiger partial charge in [-0.1, -0.05) is 11.6 Å². The van der Waals surface area contributed by atoms with Gasteiger partial charge in [0.05, 0.1) is 5.97 Å². The first-order chi connectivity index (χ1) is 6.50. The Morgan fingerprint density at radius 3 is 2.27 bits per heavy atom. The predicted molar refractivity (Wildman–Crippen MR) is 51.4 cm³/mol. The molecule has 0 aromatic heterocycles. The van der Waals surface area contributed by atoms with Crippen LogP contribution in [0.5, 0.6) is 5.75 Å². The Kier molecular flexibility index (Phi) is 5.82. The van der Waals surface area contributed by atoms with Gasteiger partial charge in [-0.2, -0.15) is 0 Å². The molecule has 3 nitrogen and oxygen atoms in total. The fourth-order valence-corrected chi connectivity index (χ4v) is 1.24. The number of aryl methyl sites for hydroxylation is 2. The van der Waals surface area contributed by atoms with Crippen LogP contribution < -0.4 is 28.7 Å². The van der Waals surface area contributed by atoms with Crippen LogP contribution in [0.2, 0.25) is 5.02 Å². The summed E-state index contributed by atoms with van der Waals surface area (Å²) in [6.07, 6.45) is 0. The largest absolute Gasteiger partial charge is 1.00 e. The molecule has 1 rings (SSSR count). The van der Waals surface area contributed by atoms with E-state index in [1.165, 1.54) is 0 Å². The van der Waals surface area contributed by atoms with E-state index in [-0.39, 0.29) is 18.9 Å². The van der Waals surface area contributed by atoms with Gasteiger partial charge < -0.3 is 14.6 Å². The Labute approximate surface area is 106 Å². The van der Waals surface area contributed by atoms with Gasteiger partial charge in [-0.05, 0) is 37.1 Å². The standard InChI is InChI=1S/C10H11ClO3.Li/c1-6-3-8(14-5-9(12)13)4-7(2)10(6)11;/h3-4H,5H2,1-2H3,(H,12,13);/q;+1/p-1. The fourth-order valence-electron chi connectivity index (χ4n) is 1.13. The fraction of sp³-hybridized carbons (Fsp3) is 0.300. The molecule has 0 spiro atoms. The number of carbonyl (C=O) groups is 1. The van der Waals surface area contributed by atoms with E-state index in [0.717, 1.165) is 11.1 Å². The summed E-state index contributed by atoms with van der Waals surface area (Å²) in [6, 6.07) is 3.39. The summed E-state index contributed by atoms with van der Waals surface area (Å²) < 4.78 is 4.96. The molecule has 0 radical (unpaired) electrons. The van der Waals surface area contributed by atoms with Crippen LogP contribution in [-0.2, 0) is 4.79 Å². The van der Waals surface area contributed by atoms with Gasteiger partial charge in [0.15, 0.2) is 0 Å². The molecule has 0 bridgehead atoms. The summed E-state index contributed by atoms with van der Waals surface area (Å²) in [4.78, 5) is 10.1. The molecule has 0 aliphatic rings. The van der Waals surface area contributed by atoms with Crippen molar-refractivity contribution in [2.24, 2.45) is 0 Å². The smallest absolute Gasteiger partial charge is 0.546 e. The van der Waals surface area contributed by atoms with Crippen molar-refractivity contribution in [2.75, 3.05) is 6.61 Å². The molecule has 0 aliphatic heterocycles. The quantitative estimate of drug-likeness (QED) is 0.559. The number of halogens is 1. The molecule has 0 unspecified atom stereocenters. The molecule has 0 fully saturated rings. The van der Waals surface area contributed by atoms with E-state index in [2.05, 4.69) is 0 Å². The van der Waals surface area contributed by atoms with Crippen molar-refractivity contribution >= 4 is 17.6 Å².